The molecule has 0 saturated carbocycles. The summed E-state index contributed by atoms with van der Waals surface area (Å²) in [5.74, 6) is 7.98. The molecule has 1 aromatic carbocycles. The number of ether oxygens (including phenoxy) is 1. The molecule has 6 nitrogen and oxygen atoms in total. The van der Waals surface area contributed by atoms with Gasteiger partial charge in [-0.25, -0.2) is 9.97 Å². The van der Waals surface area contributed by atoms with Crippen LogP contribution in [-0.2, 0) is 4.74 Å². The molecule has 2 aromatic rings. The predicted octanol–water partition coefficient (Wildman–Crippen LogP) is 2.21. The first-order valence-corrected chi connectivity index (χ1v) is 7.70. The van der Waals surface area contributed by atoms with Gasteiger partial charge in [0.2, 0.25) is 0 Å². The Bertz CT molecular complexity index is 793. The van der Waals surface area contributed by atoms with E-state index in [0.29, 0.717) is 6.73 Å². The molecule has 0 unspecified atom stereocenters. The molecule has 0 amide bonds. The first-order chi connectivity index (χ1) is 11.6. The van der Waals surface area contributed by atoms with Crippen molar-refractivity contribution >= 4 is 23.0 Å². The fourth-order valence-corrected chi connectivity index (χ4v) is 2.64. The van der Waals surface area contributed by atoms with Crippen molar-refractivity contribution in [3.63, 3.8) is 0 Å². The van der Waals surface area contributed by atoms with Gasteiger partial charge >= 0.3 is 0 Å². The number of anilines is 4. The van der Waals surface area contributed by atoms with Crippen LogP contribution in [0.1, 0.15) is 5.56 Å². The molecule has 0 fully saturated rings. The molecule has 0 N–H and O–H groups in total. The van der Waals surface area contributed by atoms with Crippen molar-refractivity contribution < 1.29 is 4.74 Å². The Morgan fingerprint density at radius 2 is 1.88 bits per heavy atom. The van der Waals surface area contributed by atoms with Gasteiger partial charge < -0.3 is 9.64 Å². The SMILES string of the molecule is COCN1c2cc(C#CCN(C)C)ccc2N(C)c2nccnc21. The maximum Gasteiger partial charge on any atom is 0.178 e. The van der Waals surface area contributed by atoms with Crippen molar-refractivity contribution in [2.24, 2.45) is 0 Å². The van der Waals surface area contributed by atoms with Crippen LogP contribution in [0.3, 0.4) is 0 Å². The molecule has 0 spiro atoms. The highest BCUT2D eigenvalue weighted by Crippen LogP contribution is 2.44. The van der Waals surface area contributed by atoms with Gasteiger partial charge in [-0.05, 0) is 32.3 Å². The van der Waals surface area contributed by atoms with E-state index < -0.39 is 0 Å². The molecular weight excluding hydrogens is 302 g/mol. The average Bonchev–Trinajstić information content (AvgIpc) is 2.58. The van der Waals surface area contributed by atoms with E-state index in [0.717, 1.165) is 35.1 Å². The predicted molar refractivity (Wildman–Crippen MR) is 96.0 cm³/mol. The first kappa shape index (κ1) is 16.2. The maximum absolute atomic E-state index is 5.38. The number of benzene rings is 1. The molecule has 0 aliphatic carbocycles. The molecule has 24 heavy (non-hydrogen) atoms. The van der Waals surface area contributed by atoms with Gasteiger partial charge in [0.15, 0.2) is 11.6 Å². The number of aromatic nitrogens is 2. The minimum atomic E-state index is 0.404. The van der Waals surface area contributed by atoms with Crippen LogP contribution in [0.25, 0.3) is 0 Å². The van der Waals surface area contributed by atoms with Crippen LogP contribution in [0, 0.1) is 11.8 Å². The number of rotatable bonds is 3. The lowest BCUT2D eigenvalue weighted by molar-refractivity contribution is 0.205. The van der Waals surface area contributed by atoms with Gasteiger partial charge in [0.25, 0.3) is 0 Å². The van der Waals surface area contributed by atoms with Gasteiger partial charge in [0.1, 0.15) is 6.73 Å². The summed E-state index contributed by atoms with van der Waals surface area (Å²) >= 11 is 0. The summed E-state index contributed by atoms with van der Waals surface area (Å²) in [7, 11) is 7.68. The number of hydrogen-bond acceptors (Lipinski definition) is 6. The highest BCUT2D eigenvalue weighted by atomic mass is 16.5. The molecule has 1 aliphatic heterocycles. The molecule has 0 bridgehead atoms. The Balaban J connectivity index is 2.04. The monoisotopic (exact) mass is 323 g/mol. The van der Waals surface area contributed by atoms with Crippen molar-refractivity contribution in [2.45, 2.75) is 0 Å². The normalized spacial score (nSPS) is 12.5. The molecule has 2 heterocycles. The van der Waals surface area contributed by atoms with Crippen molar-refractivity contribution in [3.05, 3.63) is 36.2 Å². The van der Waals surface area contributed by atoms with Crippen LogP contribution in [0.15, 0.2) is 30.6 Å². The summed E-state index contributed by atoms with van der Waals surface area (Å²) in [6.45, 7) is 1.13. The Morgan fingerprint density at radius 3 is 2.58 bits per heavy atom. The van der Waals surface area contributed by atoms with Gasteiger partial charge in [0, 0.05) is 32.1 Å². The lowest BCUT2D eigenvalue weighted by Gasteiger charge is -2.36. The maximum atomic E-state index is 5.38. The first-order valence-electron chi connectivity index (χ1n) is 7.70. The second kappa shape index (κ2) is 6.87. The Kier molecular flexibility index (Phi) is 4.65. The summed E-state index contributed by atoms with van der Waals surface area (Å²) in [6, 6.07) is 6.17. The molecule has 1 aliphatic rings. The average molecular weight is 323 g/mol. The zero-order chi connectivity index (χ0) is 17.1. The van der Waals surface area contributed by atoms with Crippen LogP contribution in [0.2, 0.25) is 0 Å². The number of hydrogen-bond donors (Lipinski definition) is 0. The Hall–Kier alpha value is -2.62. The quantitative estimate of drug-likeness (QED) is 0.807. The van der Waals surface area contributed by atoms with E-state index in [-0.39, 0.29) is 0 Å². The second-order valence-corrected chi connectivity index (χ2v) is 5.85. The number of fused-ring (bicyclic) bond motifs is 2. The topological polar surface area (TPSA) is 44.7 Å². The molecule has 124 valence electrons. The highest BCUT2D eigenvalue weighted by molar-refractivity contribution is 5.89. The molecule has 0 radical (unpaired) electrons. The molecule has 0 atom stereocenters. The van der Waals surface area contributed by atoms with Crippen molar-refractivity contribution in [1.82, 2.24) is 14.9 Å². The van der Waals surface area contributed by atoms with Gasteiger partial charge in [0.05, 0.1) is 17.9 Å². The second-order valence-electron chi connectivity index (χ2n) is 5.85. The van der Waals surface area contributed by atoms with Gasteiger partial charge in [-0.2, -0.15) is 0 Å². The largest absolute Gasteiger partial charge is 0.364 e. The van der Waals surface area contributed by atoms with Crippen LogP contribution in [0.5, 0.6) is 0 Å². The van der Waals surface area contributed by atoms with E-state index in [1.165, 1.54) is 0 Å². The smallest absolute Gasteiger partial charge is 0.178 e. The van der Waals surface area contributed by atoms with Crippen molar-refractivity contribution in [2.75, 3.05) is 51.3 Å². The van der Waals surface area contributed by atoms with E-state index in [9.17, 15) is 0 Å². The third-order valence-electron chi connectivity index (χ3n) is 3.75. The highest BCUT2D eigenvalue weighted by Gasteiger charge is 2.28. The van der Waals surface area contributed by atoms with Crippen LogP contribution >= 0.6 is 0 Å². The molecule has 3 rings (SSSR count). The summed E-state index contributed by atoms with van der Waals surface area (Å²) in [5.41, 5.74) is 3.04. The Morgan fingerprint density at radius 1 is 1.12 bits per heavy atom. The zero-order valence-electron chi connectivity index (χ0n) is 14.4. The van der Waals surface area contributed by atoms with E-state index >= 15 is 0 Å². The summed E-state index contributed by atoms with van der Waals surface area (Å²) in [5, 5.41) is 0. The van der Waals surface area contributed by atoms with Crippen LogP contribution in [0.4, 0.5) is 23.0 Å². The zero-order valence-corrected chi connectivity index (χ0v) is 14.4. The molecule has 0 saturated heterocycles. The number of methoxy groups -OCH3 is 1. The molecule has 6 heteroatoms. The summed E-state index contributed by atoms with van der Waals surface area (Å²) in [6.07, 6.45) is 3.40. The minimum absolute atomic E-state index is 0.404. The Labute approximate surface area is 142 Å². The van der Waals surface area contributed by atoms with E-state index in [1.807, 2.05) is 41.9 Å². The van der Waals surface area contributed by atoms with Crippen molar-refractivity contribution in [3.8, 4) is 11.8 Å². The van der Waals surface area contributed by atoms with Gasteiger partial charge in [-0.15, -0.1) is 0 Å². The third-order valence-corrected chi connectivity index (χ3v) is 3.75. The molecular formula is C18H21N5O. The summed E-state index contributed by atoms with van der Waals surface area (Å²) < 4.78 is 5.38. The van der Waals surface area contributed by atoms with Gasteiger partial charge in [-0.1, -0.05) is 11.8 Å². The number of nitrogens with zero attached hydrogens (tertiary/aromatic N) is 5. The lowest BCUT2D eigenvalue weighted by Crippen LogP contribution is -2.30. The van der Waals surface area contributed by atoms with Gasteiger partial charge in [-0.3, -0.25) is 9.80 Å². The minimum Gasteiger partial charge on any atom is -0.364 e. The lowest BCUT2D eigenvalue weighted by atomic mass is 10.1. The standard InChI is InChI=1S/C18H21N5O/c1-21(2)11-5-6-14-7-8-15-16(12-14)23(13-24-4)18-17(22(15)3)19-9-10-20-18/h7-10,12H,11,13H2,1-4H3. The van der Waals surface area contributed by atoms with Crippen LogP contribution in [-0.4, -0.2) is 56.4 Å². The third kappa shape index (κ3) is 3.04. The van der Waals surface area contributed by atoms with Crippen molar-refractivity contribution in [1.29, 1.82) is 0 Å². The van der Waals surface area contributed by atoms with E-state index in [4.69, 9.17) is 4.74 Å². The van der Waals surface area contributed by atoms with Crippen LogP contribution < -0.4 is 9.80 Å². The fraction of sp³-hybridized carbons (Fsp3) is 0.333. The molecule has 1 aromatic heterocycles. The summed E-state index contributed by atoms with van der Waals surface area (Å²) in [4.78, 5) is 15.0. The fourth-order valence-electron chi connectivity index (χ4n) is 2.64. The van der Waals surface area contributed by atoms with E-state index in [1.54, 1.807) is 19.5 Å². The van der Waals surface area contributed by atoms with E-state index in [2.05, 4.69) is 33.9 Å².